The van der Waals surface area contributed by atoms with E-state index in [9.17, 15) is 0 Å². The lowest BCUT2D eigenvalue weighted by atomic mass is 10.0. The Labute approximate surface area is 116 Å². The molecule has 1 aliphatic rings. The molecule has 1 aromatic carbocycles. The Kier molecular flexibility index (Phi) is 5.44. The van der Waals surface area contributed by atoms with Crippen LogP contribution in [0, 0.1) is 11.8 Å². The van der Waals surface area contributed by atoms with Crippen molar-refractivity contribution < 1.29 is 5.11 Å². The third kappa shape index (κ3) is 4.09. The maximum Gasteiger partial charge on any atom is 0.0540 e. The fourth-order valence-electron chi connectivity index (χ4n) is 2.61. The molecule has 1 aromatic rings. The van der Waals surface area contributed by atoms with Crippen LogP contribution in [0.25, 0.3) is 0 Å². The molecule has 0 amide bonds. The van der Waals surface area contributed by atoms with Gasteiger partial charge < -0.3 is 5.11 Å². The summed E-state index contributed by atoms with van der Waals surface area (Å²) >= 11 is 0. The summed E-state index contributed by atoms with van der Waals surface area (Å²) in [5.74, 6) is 6.20. The van der Waals surface area contributed by atoms with E-state index in [0.29, 0.717) is 12.5 Å². The molecule has 102 valence electrons. The Balaban J connectivity index is 2.09. The normalized spacial score (nSPS) is 19.8. The second kappa shape index (κ2) is 7.33. The molecule has 0 aromatic heterocycles. The Bertz CT molecular complexity index is 458. The van der Waals surface area contributed by atoms with Gasteiger partial charge in [-0.2, -0.15) is 0 Å². The molecular formula is C17H23NO. The highest BCUT2D eigenvalue weighted by molar-refractivity contribution is 5.41. The van der Waals surface area contributed by atoms with Gasteiger partial charge in [-0.25, -0.2) is 0 Å². The van der Waals surface area contributed by atoms with E-state index >= 15 is 0 Å². The molecule has 2 nitrogen and oxygen atoms in total. The monoisotopic (exact) mass is 257 g/mol. The molecule has 19 heavy (non-hydrogen) atoms. The van der Waals surface area contributed by atoms with Crippen molar-refractivity contribution in [3.05, 3.63) is 35.4 Å². The molecule has 0 bridgehead atoms. The molecule has 1 saturated heterocycles. The third-order valence-electron chi connectivity index (χ3n) is 3.79. The van der Waals surface area contributed by atoms with Crippen LogP contribution in [-0.2, 0) is 6.54 Å². The first kappa shape index (κ1) is 14.1. The summed E-state index contributed by atoms with van der Waals surface area (Å²) < 4.78 is 0. The summed E-state index contributed by atoms with van der Waals surface area (Å²) in [4.78, 5) is 2.55. The van der Waals surface area contributed by atoms with Crippen molar-refractivity contribution in [1.82, 2.24) is 4.90 Å². The average Bonchev–Trinajstić information content (AvgIpc) is 2.43. The molecule has 1 heterocycles. The van der Waals surface area contributed by atoms with Gasteiger partial charge in [0.2, 0.25) is 0 Å². The molecule has 2 rings (SSSR count). The van der Waals surface area contributed by atoms with Gasteiger partial charge in [-0.15, -0.1) is 0 Å². The van der Waals surface area contributed by atoms with E-state index < -0.39 is 0 Å². The van der Waals surface area contributed by atoms with Crippen LogP contribution in [0.5, 0.6) is 0 Å². The summed E-state index contributed by atoms with van der Waals surface area (Å²) in [6.45, 7) is 4.64. The first-order valence-corrected chi connectivity index (χ1v) is 7.23. The standard InChI is InChI=1S/C17H23NO/c1-15-8-4-6-12-18(15)14-17-11-3-2-9-16(17)10-5-7-13-19/h2-3,9,11,15,19H,4,6-8,12-14H2,1H3. The Morgan fingerprint density at radius 3 is 2.95 bits per heavy atom. The zero-order chi connectivity index (χ0) is 13.5. The number of aliphatic hydroxyl groups excluding tert-OH is 1. The van der Waals surface area contributed by atoms with Crippen molar-refractivity contribution in [2.45, 2.75) is 45.2 Å². The SMILES string of the molecule is CC1CCCCN1Cc1ccccc1C#CCCO. The van der Waals surface area contributed by atoms with Crippen LogP contribution in [0.15, 0.2) is 24.3 Å². The van der Waals surface area contributed by atoms with E-state index in [0.717, 1.165) is 12.1 Å². The minimum absolute atomic E-state index is 0.137. The number of nitrogens with zero attached hydrogens (tertiary/aromatic N) is 1. The average molecular weight is 257 g/mol. The van der Waals surface area contributed by atoms with Crippen molar-refractivity contribution in [2.24, 2.45) is 0 Å². The summed E-state index contributed by atoms with van der Waals surface area (Å²) in [7, 11) is 0. The highest BCUT2D eigenvalue weighted by Crippen LogP contribution is 2.20. The van der Waals surface area contributed by atoms with E-state index in [1.807, 2.05) is 6.07 Å². The van der Waals surface area contributed by atoms with Crippen molar-refractivity contribution >= 4 is 0 Å². The number of rotatable bonds is 3. The van der Waals surface area contributed by atoms with Gasteiger partial charge in [0.05, 0.1) is 6.61 Å². The summed E-state index contributed by atoms with van der Waals surface area (Å²) in [6, 6.07) is 9.04. The summed E-state index contributed by atoms with van der Waals surface area (Å²) in [5.41, 5.74) is 2.41. The van der Waals surface area contributed by atoms with E-state index in [-0.39, 0.29) is 6.61 Å². The van der Waals surface area contributed by atoms with Gasteiger partial charge in [0.25, 0.3) is 0 Å². The lowest BCUT2D eigenvalue weighted by molar-refractivity contribution is 0.152. The molecule has 1 atom stereocenters. The fourth-order valence-corrected chi connectivity index (χ4v) is 2.61. The lowest BCUT2D eigenvalue weighted by Gasteiger charge is -2.33. The zero-order valence-electron chi connectivity index (χ0n) is 11.7. The van der Waals surface area contributed by atoms with Crippen LogP contribution < -0.4 is 0 Å². The Morgan fingerprint density at radius 1 is 1.32 bits per heavy atom. The van der Waals surface area contributed by atoms with Crippen molar-refractivity contribution in [2.75, 3.05) is 13.2 Å². The molecule has 2 heteroatoms. The lowest BCUT2D eigenvalue weighted by Crippen LogP contribution is -2.36. The largest absolute Gasteiger partial charge is 0.395 e. The molecule has 1 fully saturated rings. The number of piperidine rings is 1. The fraction of sp³-hybridized carbons (Fsp3) is 0.529. The number of aliphatic hydroxyl groups is 1. The van der Waals surface area contributed by atoms with Crippen LogP contribution in [0.2, 0.25) is 0 Å². The highest BCUT2D eigenvalue weighted by atomic mass is 16.2. The topological polar surface area (TPSA) is 23.5 Å². The van der Waals surface area contributed by atoms with Gasteiger partial charge in [0.15, 0.2) is 0 Å². The van der Waals surface area contributed by atoms with E-state index in [4.69, 9.17) is 5.11 Å². The van der Waals surface area contributed by atoms with Crippen molar-refractivity contribution in [1.29, 1.82) is 0 Å². The van der Waals surface area contributed by atoms with E-state index in [1.165, 1.54) is 31.4 Å². The molecule has 0 spiro atoms. The van der Waals surface area contributed by atoms with Gasteiger partial charge in [-0.05, 0) is 37.9 Å². The first-order chi connectivity index (χ1) is 9.31. The molecule has 0 radical (unpaired) electrons. The summed E-state index contributed by atoms with van der Waals surface area (Å²) in [5, 5.41) is 8.80. The number of benzene rings is 1. The van der Waals surface area contributed by atoms with Crippen LogP contribution >= 0.6 is 0 Å². The smallest absolute Gasteiger partial charge is 0.0540 e. The molecular weight excluding hydrogens is 234 g/mol. The van der Waals surface area contributed by atoms with E-state index in [1.54, 1.807) is 0 Å². The number of hydrogen-bond donors (Lipinski definition) is 1. The maximum absolute atomic E-state index is 8.80. The highest BCUT2D eigenvalue weighted by Gasteiger charge is 2.18. The molecule has 1 N–H and O–H groups in total. The second-order valence-electron chi connectivity index (χ2n) is 5.25. The van der Waals surface area contributed by atoms with Gasteiger partial charge in [-0.1, -0.05) is 36.5 Å². The quantitative estimate of drug-likeness (QED) is 0.842. The molecule has 1 unspecified atom stereocenters. The minimum Gasteiger partial charge on any atom is -0.395 e. The van der Waals surface area contributed by atoms with Crippen LogP contribution in [-0.4, -0.2) is 29.2 Å². The number of hydrogen-bond acceptors (Lipinski definition) is 2. The van der Waals surface area contributed by atoms with Crippen LogP contribution in [0.1, 0.15) is 43.7 Å². The number of likely N-dealkylation sites (tertiary alicyclic amines) is 1. The second-order valence-corrected chi connectivity index (χ2v) is 5.25. The maximum atomic E-state index is 8.80. The van der Waals surface area contributed by atoms with Crippen molar-refractivity contribution in [3.8, 4) is 11.8 Å². The minimum atomic E-state index is 0.137. The van der Waals surface area contributed by atoms with Gasteiger partial charge in [-0.3, -0.25) is 4.90 Å². The van der Waals surface area contributed by atoms with Gasteiger partial charge in [0, 0.05) is 24.6 Å². The molecule has 0 saturated carbocycles. The first-order valence-electron chi connectivity index (χ1n) is 7.23. The van der Waals surface area contributed by atoms with E-state index in [2.05, 4.69) is 41.9 Å². The molecule has 0 aliphatic carbocycles. The zero-order valence-corrected chi connectivity index (χ0v) is 11.7. The van der Waals surface area contributed by atoms with Crippen LogP contribution in [0.3, 0.4) is 0 Å². The predicted octanol–water partition coefficient (Wildman–Crippen LogP) is 2.79. The Morgan fingerprint density at radius 2 is 2.16 bits per heavy atom. The Hall–Kier alpha value is -1.30. The van der Waals surface area contributed by atoms with Gasteiger partial charge >= 0.3 is 0 Å². The van der Waals surface area contributed by atoms with Crippen LogP contribution in [0.4, 0.5) is 0 Å². The molecule has 1 aliphatic heterocycles. The predicted molar refractivity (Wildman–Crippen MR) is 78.7 cm³/mol. The van der Waals surface area contributed by atoms with Gasteiger partial charge in [0.1, 0.15) is 0 Å². The van der Waals surface area contributed by atoms with Crippen molar-refractivity contribution in [3.63, 3.8) is 0 Å². The third-order valence-corrected chi connectivity index (χ3v) is 3.79. The summed E-state index contributed by atoms with van der Waals surface area (Å²) in [6.07, 6.45) is 4.52.